The molecule has 1 unspecified atom stereocenters. The topological polar surface area (TPSA) is 98.0 Å². The summed E-state index contributed by atoms with van der Waals surface area (Å²) in [6.07, 6.45) is 1.03. The Bertz CT molecular complexity index is 371. The highest BCUT2D eigenvalue weighted by molar-refractivity contribution is 5.35. The number of nitrogens with one attached hydrogen (secondary N) is 2. The van der Waals surface area contributed by atoms with Crippen molar-refractivity contribution >= 4 is 11.9 Å². The van der Waals surface area contributed by atoms with Gasteiger partial charge in [-0.3, -0.25) is 5.43 Å². The van der Waals surface area contributed by atoms with Gasteiger partial charge < -0.3 is 10.1 Å². The molecule has 1 aromatic heterocycles. The van der Waals surface area contributed by atoms with Gasteiger partial charge in [-0.1, -0.05) is 13.8 Å². The molecule has 102 valence electrons. The van der Waals surface area contributed by atoms with E-state index in [2.05, 4.69) is 46.5 Å². The second-order valence-corrected chi connectivity index (χ2v) is 4.52. The predicted octanol–water partition coefficient (Wildman–Crippen LogP) is 1.40. The van der Waals surface area contributed by atoms with E-state index in [1.165, 1.54) is 0 Å². The molecule has 0 aliphatic carbocycles. The second-order valence-electron chi connectivity index (χ2n) is 4.52. The van der Waals surface area contributed by atoms with E-state index in [9.17, 15) is 0 Å². The van der Waals surface area contributed by atoms with Crippen LogP contribution in [0.3, 0.4) is 0 Å². The number of nitrogens with two attached hydrogens (primary N) is 1. The Hall–Kier alpha value is -1.63. The molecule has 7 nitrogen and oxygen atoms in total. The van der Waals surface area contributed by atoms with Crippen molar-refractivity contribution in [3.05, 3.63) is 0 Å². The zero-order valence-electron chi connectivity index (χ0n) is 11.4. The Morgan fingerprint density at radius 3 is 2.39 bits per heavy atom. The van der Waals surface area contributed by atoms with Crippen LogP contribution in [0.2, 0.25) is 0 Å². The monoisotopic (exact) mass is 254 g/mol. The first-order chi connectivity index (χ1) is 8.55. The maximum atomic E-state index is 5.31. The third-order valence-corrected chi connectivity index (χ3v) is 2.22. The van der Waals surface area contributed by atoms with Crippen LogP contribution >= 0.6 is 0 Å². The van der Waals surface area contributed by atoms with Gasteiger partial charge in [-0.2, -0.15) is 15.0 Å². The van der Waals surface area contributed by atoms with Crippen LogP contribution in [0.1, 0.15) is 34.1 Å². The van der Waals surface area contributed by atoms with E-state index in [-0.39, 0.29) is 18.0 Å². The van der Waals surface area contributed by atoms with Crippen molar-refractivity contribution in [1.29, 1.82) is 0 Å². The summed E-state index contributed by atoms with van der Waals surface area (Å²) in [5.74, 6) is 6.67. The minimum atomic E-state index is 0.264. The lowest BCUT2D eigenvalue weighted by molar-refractivity contribution is 0.312. The number of nitrogen functional groups attached to an aromatic ring is 1. The van der Waals surface area contributed by atoms with E-state index in [0.29, 0.717) is 18.5 Å². The summed E-state index contributed by atoms with van der Waals surface area (Å²) in [5.41, 5.74) is 2.40. The summed E-state index contributed by atoms with van der Waals surface area (Å²) < 4.78 is 5.25. The maximum absolute atomic E-state index is 5.31. The van der Waals surface area contributed by atoms with Crippen LogP contribution in [-0.4, -0.2) is 27.6 Å². The van der Waals surface area contributed by atoms with Crippen LogP contribution in [0.5, 0.6) is 6.01 Å². The number of nitrogens with zero attached hydrogens (tertiary/aromatic N) is 3. The Morgan fingerprint density at radius 2 is 1.83 bits per heavy atom. The first kappa shape index (κ1) is 14.4. The molecular formula is C11H22N6O. The standard InChI is InChI=1S/C11H22N6O/c1-5-18-11-15-9(14-10(16-11)17-12)13-8(4)6-7(2)3/h7-8H,5-6,12H2,1-4H3,(H2,13,14,15,16,17). The Labute approximate surface area is 108 Å². The van der Waals surface area contributed by atoms with Crippen molar-refractivity contribution in [2.75, 3.05) is 17.3 Å². The van der Waals surface area contributed by atoms with Gasteiger partial charge in [0.1, 0.15) is 0 Å². The summed E-state index contributed by atoms with van der Waals surface area (Å²) >= 11 is 0. The van der Waals surface area contributed by atoms with Gasteiger partial charge in [-0.25, -0.2) is 5.84 Å². The molecule has 1 heterocycles. The van der Waals surface area contributed by atoms with Crippen LogP contribution in [-0.2, 0) is 0 Å². The molecular weight excluding hydrogens is 232 g/mol. The fourth-order valence-corrected chi connectivity index (χ4v) is 1.67. The molecule has 1 rings (SSSR count). The Balaban J connectivity index is 2.77. The van der Waals surface area contributed by atoms with E-state index in [4.69, 9.17) is 10.6 Å². The zero-order chi connectivity index (χ0) is 13.5. The number of hydrogen-bond acceptors (Lipinski definition) is 7. The van der Waals surface area contributed by atoms with Crippen LogP contribution in [0.25, 0.3) is 0 Å². The van der Waals surface area contributed by atoms with Gasteiger partial charge in [0.25, 0.3) is 0 Å². The largest absolute Gasteiger partial charge is 0.464 e. The number of anilines is 2. The van der Waals surface area contributed by atoms with Gasteiger partial charge in [0.05, 0.1) is 6.61 Å². The molecule has 0 aliphatic heterocycles. The lowest BCUT2D eigenvalue weighted by atomic mass is 10.1. The molecule has 4 N–H and O–H groups in total. The lowest BCUT2D eigenvalue weighted by Crippen LogP contribution is -2.21. The van der Waals surface area contributed by atoms with Crippen LogP contribution in [0.15, 0.2) is 0 Å². The summed E-state index contributed by atoms with van der Waals surface area (Å²) in [6, 6.07) is 0.534. The summed E-state index contributed by atoms with van der Waals surface area (Å²) in [4.78, 5) is 12.3. The van der Waals surface area contributed by atoms with Gasteiger partial charge >= 0.3 is 6.01 Å². The molecule has 1 aromatic rings. The normalized spacial score (nSPS) is 12.3. The molecule has 0 aliphatic rings. The fraction of sp³-hybridized carbons (Fsp3) is 0.727. The number of rotatable bonds is 7. The number of hydrazine groups is 1. The minimum Gasteiger partial charge on any atom is -0.464 e. The van der Waals surface area contributed by atoms with Gasteiger partial charge in [0.2, 0.25) is 11.9 Å². The second kappa shape index (κ2) is 6.95. The molecule has 0 amide bonds. The van der Waals surface area contributed by atoms with Gasteiger partial charge in [-0.15, -0.1) is 0 Å². The van der Waals surface area contributed by atoms with Crippen LogP contribution < -0.4 is 21.3 Å². The highest BCUT2D eigenvalue weighted by atomic mass is 16.5. The average molecular weight is 254 g/mol. The Kier molecular flexibility index (Phi) is 5.57. The first-order valence-corrected chi connectivity index (χ1v) is 6.17. The molecule has 0 bridgehead atoms. The Morgan fingerprint density at radius 1 is 1.17 bits per heavy atom. The third kappa shape index (κ3) is 4.70. The highest BCUT2D eigenvalue weighted by Gasteiger charge is 2.10. The zero-order valence-corrected chi connectivity index (χ0v) is 11.4. The molecule has 0 saturated carbocycles. The summed E-state index contributed by atoms with van der Waals surface area (Å²) in [6.45, 7) is 8.79. The highest BCUT2D eigenvalue weighted by Crippen LogP contribution is 2.13. The van der Waals surface area contributed by atoms with Crippen molar-refractivity contribution in [3.63, 3.8) is 0 Å². The van der Waals surface area contributed by atoms with Gasteiger partial charge in [0, 0.05) is 6.04 Å². The fourth-order valence-electron chi connectivity index (χ4n) is 1.67. The number of aromatic nitrogens is 3. The van der Waals surface area contributed by atoms with E-state index < -0.39 is 0 Å². The number of ether oxygens (including phenoxy) is 1. The maximum Gasteiger partial charge on any atom is 0.323 e. The summed E-state index contributed by atoms with van der Waals surface area (Å²) in [7, 11) is 0. The first-order valence-electron chi connectivity index (χ1n) is 6.17. The molecule has 0 spiro atoms. The molecule has 0 saturated heterocycles. The van der Waals surface area contributed by atoms with Crippen molar-refractivity contribution in [2.24, 2.45) is 11.8 Å². The van der Waals surface area contributed by atoms with Crippen molar-refractivity contribution in [3.8, 4) is 6.01 Å². The van der Waals surface area contributed by atoms with E-state index in [1.54, 1.807) is 0 Å². The number of hydrogen-bond donors (Lipinski definition) is 3. The van der Waals surface area contributed by atoms with Crippen molar-refractivity contribution in [2.45, 2.75) is 40.2 Å². The minimum absolute atomic E-state index is 0.264. The van der Waals surface area contributed by atoms with E-state index in [0.717, 1.165) is 6.42 Å². The van der Waals surface area contributed by atoms with Crippen LogP contribution in [0.4, 0.5) is 11.9 Å². The predicted molar refractivity (Wildman–Crippen MR) is 71.3 cm³/mol. The molecule has 0 fully saturated rings. The van der Waals surface area contributed by atoms with Crippen LogP contribution in [0, 0.1) is 5.92 Å². The molecule has 0 radical (unpaired) electrons. The summed E-state index contributed by atoms with van der Waals surface area (Å²) in [5, 5.41) is 3.21. The SMILES string of the molecule is CCOc1nc(NN)nc(NC(C)CC(C)C)n1. The molecule has 18 heavy (non-hydrogen) atoms. The third-order valence-electron chi connectivity index (χ3n) is 2.22. The smallest absolute Gasteiger partial charge is 0.323 e. The average Bonchev–Trinajstić information content (AvgIpc) is 2.27. The quantitative estimate of drug-likeness (QED) is 0.499. The van der Waals surface area contributed by atoms with Gasteiger partial charge in [0.15, 0.2) is 0 Å². The van der Waals surface area contributed by atoms with Crippen molar-refractivity contribution in [1.82, 2.24) is 15.0 Å². The lowest BCUT2D eigenvalue weighted by Gasteiger charge is -2.16. The molecule has 0 aromatic carbocycles. The van der Waals surface area contributed by atoms with Gasteiger partial charge in [-0.05, 0) is 26.2 Å². The molecule has 1 atom stereocenters. The molecule has 7 heteroatoms. The van der Waals surface area contributed by atoms with E-state index >= 15 is 0 Å². The van der Waals surface area contributed by atoms with Crippen molar-refractivity contribution < 1.29 is 4.74 Å². The van der Waals surface area contributed by atoms with E-state index in [1.807, 2.05) is 6.92 Å².